The van der Waals surface area contributed by atoms with Gasteiger partial charge < -0.3 is 10.2 Å². The normalized spacial score (nSPS) is 23.0. The van der Waals surface area contributed by atoms with Gasteiger partial charge in [0, 0.05) is 0 Å². The Labute approximate surface area is 74.6 Å². The van der Waals surface area contributed by atoms with Gasteiger partial charge in [0.05, 0.1) is 11.7 Å². The van der Waals surface area contributed by atoms with Crippen LogP contribution in [0.25, 0.3) is 0 Å². The maximum atomic E-state index is 9.60. The quantitative estimate of drug-likeness (QED) is 0.680. The SMILES string of the molecule is CC(C)(O)C(O)CC1CCCC1. The molecule has 12 heavy (non-hydrogen) atoms. The van der Waals surface area contributed by atoms with Crippen molar-refractivity contribution < 1.29 is 10.2 Å². The van der Waals surface area contributed by atoms with E-state index in [1.165, 1.54) is 25.7 Å². The van der Waals surface area contributed by atoms with Gasteiger partial charge in [0.1, 0.15) is 0 Å². The number of hydrogen-bond donors (Lipinski definition) is 2. The summed E-state index contributed by atoms with van der Waals surface area (Å²) in [6.45, 7) is 3.35. The van der Waals surface area contributed by atoms with Crippen LogP contribution in [0, 0.1) is 5.92 Å². The van der Waals surface area contributed by atoms with Crippen molar-refractivity contribution in [3.63, 3.8) is 0 Å². The summed E-state index contributed by atoms with van der Waals surface area (Å²) in [6, 6.07) is 0. The topological polar surface area (TPSA) is 40.5 Å². The third-order valence-electron chi connectivity index (χ3n) is 2.85. The molecule has 0 spiro atoms. The van der Waals surface area contributed by atoms with E-state index in [0.29, 0.717) is 5.92 Å². The summed E-state index contributed by atoms with van der Waals surface area (Å²) in [5.41, 5.74) is -0.928. The molecule has 1 rings (SSSR count). The van der Waals surface area contributed by atoms with Gasteiger partial charge in [-0.05, 0) is 26.2 Å². The Morgan fingerprint density at radius 2 is 1.83 bits per heavy atom. The lowest BCUT2D eigenvalue weighted by molar-refractivity contribution is -0.0578. The van der Waals surface area contributed by atoms with Crippen molar-refractivity contribution in [1.82, 2.24) is 0 Å². The first-order valence-electron chi connectivity index (χ1n) is 4.90. The van der Waals surface area contributed by atoms with Gasteiger partial charge in [-0.15, -0.1) is 0 Å². The first-order chi connectivity index (χ1) is 5.50. The Balaban J connectivity index is 2.30. The Morgan fingerprint density at radius 1 is 1.33 bits per heavy atom. The van der Waals surface area contributed by atoms with Crippen molar-refractivity contribution in [2.45, 2.75) is 57.7 Å². The van der Waals surface area contributed by atoms with E-state index in [1.807, 2.05) is 0 Å². The van der Waals surface area contributed by atoms with E-state index in [4.69, 9.17) is 0 Å². The molecule has 1 unspecified atom stereocenters. The van der Waals surface area contributed by atoms with E-state index in [2.05, 4.69) is 0 Å². The Kier molecular flexibility index (Phi) is 3.13. The molecule has 1 aliphatic rings. The van der Waals surface area contributed by atoms with Gasteiger partial charge in [-0.25, -0.2) is 0 Å². The Morgan fingerprint density at radius 3 is 2.25 bits per heavy atom. The second kappa shape index (κ2) is 3.75. The first-order valence-corrected chi connectivity index (χ1v) is 4.90. The highest BCUT2D eigenvalue weighted by atomic mass is 16.3. The lowest BCUT2D eigenvalue weighted by Gasteiger charge is -2.26. The predicted molar refractivity (Wildman–Crippen MR) is 48.9 cm³/mol. The lowest BCUT2D eigenvalue weighted by atomic mass is 9.91. The summed E-state index contributed by atoms with van der Waals surface area (Å²) in [5.74, 6) is 0.645. The van der Waals surface area contributed by atoms with Crippen molar-refractivity contribution >= 4 is 0 Å². The van der Waals surface area contributed by atoms with Gasteiger partial charge in [0.2, 0.25) is 0 Å². The molecular formula is C10H20O2. The maximum absolute atomic E-state index is 9.60. The summed E-state index contributed by atoms with van der Waals surface area (Å²) >= 11 is 0. The zero-order valence-corrected chi connectivity index (χ0v) is 8.08. The molecule has 0 saturated heterocycles. The summed E-state index contributed by atoms with van der Waals surface area (Å²) in [4.78, 5) is 0. The third-order valence-corrected chi connectivity index (χ3v) is 2.85. The van der Waals surface area contributed by atoms with Crippen LogP contribution in [0.5, 0.6) is 0 Å². The molecule has 1 atom stereocenters. The molecule has 0 radical (unpaired) electrons. The van der Waals surface area contributed by atoms with Crippen LogP contribution in [-0.2, 0) is 0 Å². The molecular weight excluding hydrogens is 152 g/mol. The summed E-state index contributed by atoms with van der Waals surface area (Å²) < 4.78 is 0. The van der Waals surface area contributed by atoms with Crippen LogP contribution in [0.4, 0.5) is 0 Å². The first kappa shape index (κ1) is 10.0. The average Bonchev–Trinajstić information content (AvgIpc) is 2.37. The van der Waals surface area contributed by atoms with Gasteiger partial charge in [-0.1, -0.05) is 25.7 Å². The van der Waals surface area contributed by atoms with Crippen LogP contribution < -0.4 is 0 Å². The highest BCUT2D eigenvalue weighted by Gasteiger charge is 2.28. The maximum Gasteiger partial charge on any atom is 0.0849 e. The van der Waals surface area contributed by atoms with E-state index in [-0.39, 0.29) is 0 Å². The second-order valence-corrected chi connectivity index (χ2v) is 4.56. The minimum atomic E-state index is -0.928. The molecule has 0 bridgehead atoms. The Bertz CT molecular complexity index is 131. The minimum absolute atomic E-state index is 0.555. The van der Waals surface area contributed by atoms with Gasteiger partial charge >= 0.3 is 0 Å². The predicted octanol–water partition coefficient (Wildman–Crippen LogP) is 1.70. The lowest BCUT2D eigenvalue weighted by Crippen LogP contribution is -2.36. The molecule has 0 aromatic carbocycles. The molecule has 1 aliphatic carbocycles. The van der Waals surface area contributed by atoms with E-state index in [0.717, 1.165) is 6.42 Å². The largest absolute Gasteiger partial charge is 0.390 e. The molecule has 0 aromatic rings. The number of rotatable bonds is 3. The van der Waals surface area contributed by atoms with E-state index in [1.54, 1.807) is 13.8 Å². The summed E-state index contributed by atoms with van der Waals surface area (Å²) in [6.07, 6.45) is 5.26. The molecule has 0 aliphatic heterocycles. The van der Waals surface area contributed by atoms with Gasteiger partial charge in [0.25, 0.3) is 0 Å². The molecule has 2 N–H and O–H groups in total. The van der Waals surface area contributed by atoms with Crippen molar-refractivity contribution in [3.05, 3.63) is 0 Å². The van der Waals surface area contributed by atoms with E-state index >= 15 is 0 Å². The number of aliphatic hydroxyl groups excluding tert-OH is 1. The van der Waals surface area contributed by atoms with Crippen molar-refractivity contribution in [2.75, 3.05) is 0 Å². The van der Waals surface area contributed by atoms with Crippen molar-refractivity contribution in [1.29, 1.82) is 0 Å². The highest BCUT2D eigenvalue weighted by Crippen LogP contribution is 2.30. The monoisotopic (exact) mass is 172 g/mol. The molecule has 2 nitrogen and oxygen atoms in total. The van der Waals surface area contributed by atoms with Crippen LogP contribution in [0.3, 0.4) is 0 Å². The fraction of sp³-hybridized carbons (Fsp3) is 1.00. The summed E-state index contributed by atoms with van der Waals surface area (Å²) in [7, 11) is 0. The van der Waals surface area contributed by atoms with Crippen LogP contribution in [0.15, 0.2) is 0 Å². The van der Waals surface area contributed by atoms with Crippen LogP contribution in [0.1, 0.15) is 46.0 Å². The molecule has 0 heterocycles. The van der Waals surface area contributed by atoms with Crippen LogP contribution >= 0.6 is 0 Å². The smallest absolute Gasteiger partial charge is 0.0849 e. The molecule has 0 aromatic heterocycles. The fourth-order valence-electron chi connectivity index (χ4n) is 1.85. The zero-order valence-electron chi connectivity index (χ0n) is 8.08. The average molecular weight is 172 g/mol. The number of aliphatic hydroxyl groups is 2. The van der Waals surface area contributed by atoms with E-state index in [9.17, 15) is 10.2 Å². The second-order valence-electron chi connectivity index (χ2n) is 4.56. The van der Waals surface area contributed by atoms with Crippen LogP contribution in [-0.4, -0.2) is 21.9 Å². The van der Waals surface area contributed by atoms with Crippen LogP contribution in [0.2, 0.25) is 0 Å². The molecule has 1 fully saturated rings. The summed E-state index contributed by atoms with van der Waals surface area (Å²) in [5, 5.41) is 19.1. The standard InChI is InChI=1S/C10H20O2/c1-10(2,12)9(11)7-8-5-3-4-6-8/h8-9,11-12H,3-7H2,1-2H3. The minimum Gasteiger partial charge on any atom is -0.390 e. The van der Waals surface area contributed by atoms with Crippen molar-refractivity contribution in [3.8, 4) is 0 Å². The van der Waals surface area contributed by atoms with Crippen molar-refractivity contribution in [2.24, 2.45) is 5.92 Å². The molecule has 1 saturated carbocycles. The number of hydrogen-bond acceptors (Lipinski definition) is 2. The molecule has 2 heteroatoms. The zero-order chi connectivity index (χ0) is 9.19. The van der Waals surface area contributed by atoms with E-state index < -0.39 is 11.7 Å². The fourth-order valence-corrected chi connectivity index (χ4v) is 1.85. The highest BCUT2D eigenvalue weighted by molar-refractivity contribution is 4.80. The van der Waals surface area contributed by atoms with Gasteiger partial charge in [0.15, 0.2) is 0 Å². The molecule has 0 amide bonds. The Hall–Kier alpha value is -0.0800. The van der Waals surface area contributed by atoms with Gasteiger partial charge in [-0.2, -0.15) is 0 Å². The third kappa shape index (κ3) is 2.76. The van der Waals surface area contributed by atoms with Gasteiger partial charge in [-0.3, -0.25) is 0 Å². The molecule has 72 valence electrons.